The molecular formula is C20H29BrO4. The minimum absolute atomic E-state index is 0.126. The molecule has 0 aliphatic rings. The van der Waals surface area contributed by atoms with Gasteiger partial charge in [0.25, 0.3) is 0 Å². The Kier molecular flexibility index (Phi) is 20.8. The lowest BCUT2D eigenvalue weighted by Crippen LogP contribution is -1.98. The molecule has 0 bridgehead atoms. The van der Waals surface area contributed by atoms with E-state index >= 15 is 0 Å². The maximum absolute atomic E-state index is 11.0. The summed E-state index contributed by atoms with van der Waals surface area (Å²) < 4.78 is 4.83. The fourth-order valence-electron chi connectivity index (χ4n) is 1.33. The number of hydrogen-bond donors (Lipinski definition) is 2. The Hall–Kier alpha value is -1.69. The van der Waals surface area contributed by atoms with Gasteiger partial charge in [0, 0.05) is 25.4 Å². The SMILES string of the molecule is CCO.CCOCC.O=C(CBr)c1ccccc1.Oc1ccccc1. The van der Waals surface area contributed by atoms with E-state index in [4.69, 9.17) is 14.9 Å². The highest BCUT2D eigenvalue weighted by Gasteiger charge is 1.99. The fraction of sp³-hybridized carbons (Fsp3) is 0.350. The van der Waals surface area contributed by atoms with Crippen LogP contribution >= 0.6 is 15.9 Å². The molecule has 2 aromatic carbocycles. The van der Waals surface area contributed by atoms with Gasteiger partial charge in [0.2, 0.25) is 0 Å². The van der Waals surface area contributed by atoms with E-state index in [-0.39, 0.29) is 12.4 Å². The molecular weight excluding hydrogens is 384 g/mol. The van der Waals surface area contributed by atoms with Crippen LogP contribution in [0.15, 0.2) is 60.7 Å². The van der Waals surface area contributed by atoms with Crippen molar-refractivity contribution in [3.63, 3.8) is 0 Å². The Morgan fingerprint density at radius 3 is 1.56 bits per heavy atom. The molecule has 0 atom stereocenters. The number of carbonyl (C=O) groups is 1. The van der Waals surface area contributed by atoms with Gasteiger partial charge in [-0.25, -0.2) is 0 Å². The van der Waals surface area contributed by atoms with Gasteiger partial charge in [0.05, 0.1) is 5.33 Å². The van der Waals surface area contributed by atoms with Crippen LogP contribution in [-0.2, 0) is 4.74 Å². The summed E-state index contributed by atoms with van der Waals surface area (Å²) in [6.45, 7) is 7.60. The molecule has 2 N–H and O–H groups in total. The quantitative estimate of drug-likeness (QED) is 0.564. The molecule has 0 aliphatic heterocycles. The Labute approximate surface area is 159 Å². The lowest BCUT2D eigenvalue weighted by atomic mass is 10.2. The van der Waals surface area contributed by atoms with Gasteiger partial charge in [-0.1, -0.05) is 64.5 Å². The molecule has 0 saturated heterocycles. The van der Waals surface area contributed by atoms with Crippen LogP contribution in [0.4, 0.5) is 0 Å². The number of para-hydroxylation sites is 1. The van der Waals surface area contributed by atoms with Crippen LogP contribution < -0.4 is 0 Å². The zero-order valence-corrected chi connectivity index (χ0v) is 16.8. The first-order valence-electron chi connectivity index (χ1n) is 8.13. The van der Waals surface area contributed by atoms with Crippen LogP contribution in [0.5, 0.6) is 5.75 Å². The summed E-state index contributed by atoms with van der Waals surface area (Å²) >= 11 is 3.10. The van der Waals surface area contributed by atoms with Gasteiger partial charge in [-0.2, -0.15) is 0 Å². The molecule has 0 spiro atoms. The maximum atomic E-state index is 11.0. The van der Waals surface area contributed by atoms with Gasteiger partial charge < -0.3 is 14.9 Å². The number of phenolic OH excluding ortho intramolecular Hbond substituents is 1. The second-order valence-electron chi connectivity index (χ2n) is 4.36. The number of aliphatic hydroxyl groups is 1. The monoisotopic (exact) mass is 412 g/mol. The number of rotatable bonds is 4. The van der Waals surface area contributed by atoms with Crippen molar-refractivity contribution >= 4 is 21.7 Å². The smallest absolute Gasteiger partial charge is 0.173 e. The molecule has 0 aliphatic carbocycles. The van der Waals surface area contributed by atoms with Crippen molar-refractivity contribution in [2.24, 2.45) is 0 Å². The number of Topliss-reactive ketones (excluding diaryl/α,β-unsaturated/α-hetero) is 1. The van der Waals surface area contributed by atoms with E-state index in [9.17, 15) is 4.79 Å². The summed E-state index contributed by atoms with van der Waals surface area (Å²) in [5, 5.41) is 16.6. The number of phenols is 1. The van der Waals surface area contributed by atoms with E-state index in [0.29, 0.717) is 11.1 Å². The third kappa shape index (κ3) is 18.5. The number of halogens is 1. The van der Waals surface area contributed by atoms with Gasteiger partial charge in [0.15, 0.2) is 5.78 Å². The number of benzene rings is 2. The standard InChI is InChI=1S/C8H7BrO.C6H6O.C4H10O.C2H6O/c9-6-8(10)7-4-2-1-3-5-7;7-6-4-2-1-3-5-6;1-3-5-4-2;1-2-3/h1-5H,6H2;1-5,7H;3-4H2,1-2H3;3H,2H2,1H3. The van der Waals surface area contributed by atoms with Crippen LogP contribution in [0.2, 0.25) is 0 Å². The Balaban J connectivity index is 0. The highest BCUT2D eigenvalue weighted by molar-refractivity contribution is 9.09. The van der Waals surface area contributed by atoms with Crippen molar-refractivity contribution in [3.05, 3.63) is 66.2 Å². The van der Waals surface area contributed by atoms with E-state index in [1.807, 2.05) is 50.2 Å². The van der Waals surface area contributed by atoms with Crippen molar-refractivity contribution in [2.75, 3.05) is 25.2 Å². The molecule has 2 aromatic rings. The predicted molar refractivity (Wildman–Crippen MR) is 108 cm³/mol. The van der Waals surface area contributed by atoms with Gasteiger partial charge in [-0.3, -0.25) is 4.79 Å². The number of alkyl halides is 1. The highest BCUT2D eigenvalue weighted by Crippen LogP contribution is 2.03. The lowest BCUT2D eigenvalue weighted by molar-refractivity contribution is 0.102. The Morgan fingerprint density at radius 2 is 1.32 bits per heavy atom. The van der Waals surface area contributed by atoms with Crippen molar-refractivity contribution in [3.8, 4) is 5.75 Å². The second kappa shape index (κ2) is 20.4. The zero-order chi connectivity index (χ0) is 19.3. The van der Waals surface area contributed by atoms with E-state index in [2.05, 4.69) is 15.9 Å². The molecule has 0 radical (unpaired) electrons. The molecule has 140 valence electrons. The molecule has 2 rings (SSSR count). The number of ether oxygens (including phenoxy) is 1. The number of aliphatic hydroxyl groups excluding tert-OH is 1. The first kappa shape index (κ1) is 25.5. The summed E-state index contributed by atoms with van der Waals surface area (Å²) in [5.41, 5.74) is 0.763. The number of aromatic hydroxyl groups is 1. The van der Waals surface area contributed by atoms with Crippen LogP contribution in [0, 0.1) is 0 Å². The third-order valence-corrected chi connectivity index (χ3v) is 2.89. The van der Waals surface area contributed by atoms with Crippen molar-refractivity contribution in [1.82, 2.24) is 0 Å². The number of carbonyl (C=O) groups excluding carboxylic acids is 1. The number of ketones is 1. The molecule has 0 unspecified atom stereocenters. The molecule has 0 saturated carbocycles. The molecule has 25 heavy (non-hydrogen) atoms. The third-order valence-electron chi connectivity index (χ3n) is 2.38. The summed E-state index contributed by atoms with van der Waals surface area (Å²) in [6, 6.07) is 17.9. The molecule has 0 fully saturated rings. The average molecular weight is 413 g/mol. The Bertz CT molecular complexity index is 502. The normalized spacial score (nSPS) is 8.52. The van der Waals surface area contributed by atoms with Crippen LogP contribution in [0.3, 0.4) is 0 Å². The van der Waals surface area contributed by atoms with E-state index < -0.39 is 0 Å². The number of hydrogen-bond acceptors (Lipinski definition) is 4. The van der Waals surface area contributed by atoms with Gasteiger partial charge in [-0.05, 0) is 32.9 Å². The summed E-state index contributed by atoms with van der Waals surface area (Å²) in [4.78, 5) is 11.0. The predicted octanol–water partition coefficient (Wildman–Crippen LogP) is 4.70. The first-order chi connectivity index (χ1) is 12.1. The van der Waals surface area contributed by atoms with Crippen molar-refractivity contribution < 1.29 is 19.7 Å². The minimum atomic E-state index is 0.126. The molecule has 5 heteroatoms. The molecule has 4 nitrogen and oxygen atoms in total. The van der Waals surface area contributed by atoms with E-state index in [1.165, 1.54) is 0 Å². The summed E-state index contributed by atoms with van der Waals surface area (Å²) in [5.74, 6) is 0.447. The first-order valence-corrected chi connectivity index (χ1v) is 9.26. The average Bonchev–Trinajstić information content (AvgIpc) is 2.65. The minimum Gasteiger partial charge on any atom is -0.508 e. The van der Waals surface area contributed by atoms with Crippen molar-refractivity contribution in [1.29, 1.82) is 0 Å². The van der Waals surface area contributed by atoms with Crippen LogP contribution in [0.25, 0.3) is 0 Å². The van der Waals surface area contributed by atoms with Gasteiger partial charge >= 0.3 is 0 Å². The van der Waals surface area contributed by atoms with E-state index in [0.717, 1.165) is 18.8 Å². The Morgan fingerprint density at radius 1 is 0.920 bits per heavy atom. The fourth-order valence-corrected chi connectivity index (χ4v) is 1.66. The highest BCUT2D eigenvalue weighted by atomic mass is 79.9. The molecule has 0 amide bonds. The van der Waals surface area contributed by atoms with E-state index in [1.54, 1.807) is 31.2 Å². The molecule has 0 aromatic heterocycles. The summed E-state index contributed by atoms with van der Waals surface area (Å²) in [6.07, 6.45) is 0. The van der Waals surface area contributed by atoms with Crippen LogP contribution in [0.1, 0.15) is 31.1 Å². The van der Waals surface area contributed by atoms with Gasteiger partial charge in [0.1, 0.15) is 5.75 Å². The molecule has 0 heterocycles. The maximum Gasteiger partial charge on any atom is 0.173 e. The van der Waals surface area contributed by atoms with Crippen molar-refractivity contribution in [2.45, 2.75) is 20.8 Å². The lowest BCUT2D eigenvalue weighted by Gasteiger charge is -1.92. The zero-order valence-electron chi connectivity index (χ0n) is 15.2. The summed E-state index contributed by atoms with van der Waals surface area (Å²) in [7, 11) is 0. The largest absolute Gasteiger partial charge is 0.508 e. The second-order valence-corrected chi connectivity index (χ2v) is 4.92. The van der Waals surface area contributed by atoms with Crippen LogP contribution in [-0.4, -0.2) is 41.1 Å². The topological polar surface area (TPSA) is 66.8 Å². The van der Waals surface area contributed by atoms with Gasteiger partial charge in [-0.15, -0.1) is 0 Å².